The molecule has 2 heterocycles. The second-order valence-corrected chi connectivity index (χ2v) is 8.25. The number of nitrogens with zero attached hydrogens (tertiary/aromatic N) is 1. The number of halogens is 2. The van der Waals surface area contributed by atoms with Crippen molar-refractivity contribution >= 4 is 23.4 Å². The highest BCUT2D eigenvalue weighted by atomic mass is 32.1. The van der Waals surface area contributed by atoms with Crippen molar-refractivity contribution in [1.29, 1.82) is 0 Å². The van der Waals surface area contributed by atoms with Gasteiger partial charge in [-0.15, -0.1) is 11.3 Å². The maximum Gasteiger partial charge on any atom is 0.410 e. The molecule has 0 atom stereocenters. The number of carboxylic acids is 1. The highest BCUT2D eigenvalue weighted by molar-refractivity contribution is 7.14. The Kier molecular flexibility index (Phi) is 6.44. The number of piperidine rings is 1. The number of carbonyl (C=O) groups is 2. The fourth-order valence-electron chi connectivity index (χ4n) is 2.57. The Balaban J connectivity index is 1.87. The molecule has 1 aromatic heterocycles. The van der Waals surface area contributed by atoms with Gasteiger partial charge in [0.25, 0.3) is 6.43 Å². The average Bonchev–Trinajstić information content (AvgIpc) is 2.96. The molecule has 0 bridgehead atoms. The van der Waals surface area contributed by atoms with Crippen molar-refractivity contribution in [2.75, 3.05) is 19.7 Å². The molecule has 0 saturated carbocycles. The van der Waals surface area contributed by atoms with Crippen LogP contribution < -0.4 is 4.74 Å². The number of ether oxygens (including phenoxy) is 2. The second-order valence-electron chi connectivity index (χ2n) is 7.17. The predicted molar refractivity (Wildman–Crippen MR) is 92.3 cm³/mol. The third-order valence-electron chi connectivity index (χ3n) is 3.87. The highest BCUT2D eigenvalue weighted by Gasteiger charge is 2.28. The average molecular weight is 391 g/mol. The minimum Gasteiger partial charge on any atom is -0.491 e. The maximum absolute atomic E-state index is 12.8. The number of carbonyl (C=O) groups excluding carboxylic acids is 1. The fourth-order valence-corrected chi connectivity index (χ4v) is 3.37. The van der Waals surface area contributed by atoms with Crippen LogP contribution in [-0.4, -0.2) is 47.4 Å². The van der Waals surface area contributed by atoms with Crippen molar-refractivity contribution in [2.24, 2.45) is 5.92 Å². The molecule has 0 unspecified atom stereocenters. The molecule has 1 amide bonds. The number of thiophene rings is 1. The van der Waals surface area contributed by atoms with Crippen LogP contribution in [0.2, 0.25) is 0 Å². The van der Waals surface area contributed by atoms with Gasteiger partial charge in [-0.1, -0.05) is 0 Å². The zero-order valence-corrected chi connectivity index (χ0v) is 15.8. The third-order valence-corrected chi connectivity index (χ3v) is 4.98. The van der Waals surface area contributed by atoms with E-state index in [1.807, 2.05) is 0 Å². The molecule has 1 aliphatic rings. The van der Waals surface area contributed by atoms with E-state index in [9.17, 15) is 18.4 Å². The van der Waals surface area contributed by atoms with Crippen molar-refractivity contribution in [3.8, 4) is 5.75 Å². The van der Waals surface area contributed by atoms with Crippen LogP contribution in [0.3, 0.4) is 0 Å². The van der Waals surface area contributed by atoms with Gasteiger partial charge >= 0.3 is 12.1 Å². The van der Waals surface area contributed by atoms with E-state index in [1.165, 1.54) is 0 Å². The fraction of sp³-hybridized carbons (Fsp3) is 0.647. The lowest BCUT2D eigenvalue weighted by Gasteiger charge is -2.33. The van der Waals surface area contributed by atoms with Gasteiger partial charge in [0.15, 0.2) is 4.88 Å². The molecule has 146 valence electrons. The summed E-state index contributed by atoms with van der Waals surface area (Å²) in [5.74, 6) is -1.19. The lowest BCUT2D eigenvalue weighted by molar-refractivity contribution is 0.0164. The molecule has 26 heavy (non-hydrogen) atoms. The van der Waals surface area contributed by atoms with Crippen molar-refractivity contribution < 1.29 is 33.0 Å². The van der Waals surface area contributed by atoms with E-state index in [2.05, 4.69) is 0 Å². The van der Waals surface area contributed by atoms with E-state index in [1.54, 1.807) is 25.7 Å². The molecular weight excluding hydrogens is 368 g/mol. The van der Waals surface area contributed by atoms with Gasteiger partial charge in [-0.3, -0.25) is 0 Å². The number of aromatic carboxylic acids is 1. The van der Waals surface area contributed by atoms with Crippen LogP contribution in [0, 0.1) is 5.92 Å². The number of amides is 1. The van der Waals surface area contributed by atoms with Crippen LogP contribution in [0.25, 0.3) is 0 Å². The van der Waals surface area contributed by atoms with E-state index >= 15 is 0 Å². The Bertz CT molecular complexity index is 648. The number of likely N-dealkylation sites (tertiary alicyclic amines) is 1. The monoisotopic (exact) mass is 391 g/mol. The SMILES string of the molecule is CC(C)(C)OC(=O)N1CCC(COc2cc(C(F)F)sc2C(=O)O)CC1. The smallest absolute Gasteiger partial charge is 0.410 e. The van der Waals surface area contributed by atoms with Crippen LogP contribution in [0.4, 0.5) is 13.6 Å². The first-order chi connectivity index (χ1) is 12.1. The Morgan fingerprint density at radius 3 is 2.46 bits per heavy atom. The molecule has 0 spiro atoms. The Morgan fingerprint density at radius 1 is 1.35 bits per heavy atom. The molecule has 1 aliphatic heterocycles. The summed E-state index contributed by atoms with van der Waals surface area (Å²) in [5, 5.41) is 9.11. The summed E-state index contributed by atoms with van der Waals surface area (Å²) in [6.45, 7) is 6.67. The minimum absolute atomic E-state index is 0.0210. The molecule has 0 radical (unpaired) electrons. The molecule has 0 aliphatic carbocycles. The van der Waals surface area contributed by atoms with E-state index in [0.717, 1.165) is 6.07 Å². The number of hydrogen-bond donors (Lipinski definition) is 1. The molecule has 6 nitrogen and oxygen atoms in total. The summed E-state index contributed by atoms with van der Waals surface area (Å²) < 4.78 is 36.4. The lowest BCUT2D eigenvalue weighted by Crippen LogP contribution is -2.42. The number of hydrogen-bond acceptors (Lipinski definition) is 5. The van der Waals surface area contributed by atoms with Gasteiger partial charge in [-0.25, -0.2) is 18.4 Å². The lowest BCUT2D eigenvalue weighted by atomic mass is 9.98. The molecule has 2 rings (SSSR count). The maximum atomic E-state index is 12.8. The molecule has 0 aromatic carbocycles. The first kappa shape index (κ1) is 20.4. The van der Waals surface area contributed by atoms with Crippen molar-refractivity contribution in [1.82, 2.24) is 4.90 Å². The molecule has 9 heteroatoms. The van der Waals surface area contributed by atoms with Crippen molar-refractivity contribution in [3.05, 3.63) is 15.8 Å². The van der Waals surface area contributed by atoms with Gasteiger partial charge in [0.1, 0.15) is 11.4 Å². The zero-order chi connectivity index (χ0) is 19.5. The normalized spacial score (nSPS) is 16.0. The number of carboxylic acid groups (broad SMARTS) is 1. The Hall–Kier alpha value is -1.90. The minimum atomic E-state index is -2.73. The quantitative estimate of drug-likeness (QED) is 0.805. The van der Waals surface area contributed by atoms with Gasteiger partial charge in [0, 0.05) is 19.2 Å². The molecule has 1 saturated heterocycles. The number of alkyl halides is 2. The largest absolute Gasteiger partial charge is 0.491 e. The number of rotatable bonds is 5. The predicted octanol–water partition coefficient (Wildman–Crippen LogP) is 4.41. The van der Waals surface area contributed by atoms with Gasteiger partial charge in [0.05, 0.1) is 11.5 Å². The Morgan fingerprint density at radius 2 is 1.96 bits per heavy atom. The van der Waals surface area contributed by atoms with Gasteiger partial charge in [-0.05, 0) is 39.5 Å². The van der Waals surface area contributed by atoms with Crippen LogP contribution >= 0.6 is 11.3 Å². The van der Waals surface area contributed by atoms with Gasteiger partial charge in [0.2, 0.25) is 0 Å². The van der Waals surface area contributed by atoms with E-state index in [4.69, 9.17) is 14.6 Å². The molecule has 1 N–H and O–H groups in total. The summed E-state index contributed by atoms with van der Waals surface area (Å²) in [5.41, 5.74) is -0.550. The summed E-state index contributed by atoms with van der Waals surface area (Å²) in [7, 11) is 0. The summed E-state index contributed by atoms with van der Waals surface area (Å²) in [6.07, 6.45) is -1.74. The van der Waals surface area contributed by atoms with Gasteiger partial charge < -0.3 is 19.5 Å². The first-order valence-corrected chi connectivity index (χ1v) is 9.14. The van der Waals surface area contributed by atoms with Crippen LogP contribution in [0.5, 0.6) is 5.75 Å². The van der Waals surface area contributed by atoms with Crippen molar-refractivity contribution in [3.63, 3.8) is 0 Å². The molecular formula is C17H23F2NO5S. The first-order valence-electron chi connectivity index (χ1n) is 8.32. The van der Waals surface area contributed by atoms with Gasteiger partial charge in [-0.2, -0.15) is 0 Å². The summed E-state index contributed by atoms with van der Waals surface area (Å²) in [6, 6.07) is 1.09. The zero-order valence-electron chi connectivity index (χ0n) is 15.0. The summed E-state index contributed by atoms with van der Waals surface area (Å²) in [4.78, 5) is 24.3. The highest BCUT2D eigenvalue weighted by Crippen LogP contribution is 2.36. The topological polar surface area (TPSA) is 76.1 Å². The van der Waals surface area contributed by atoms with E-state index < -0.39 is 18.0 Å². The second kappa shape index (κ2) is 8.20. The van der Waals surface area contributed by atoms with Crippen LogP contribution in [0.15, 0.2) is 6.07 Å². The Labute approximate surface area is 154 Å². The molecule has 1 aromatic rings. The van der Waals surface area contributed by atoms with Crippen molar-refractivity contribution in [2.45, 2.75) is 45.6 Å². The van der Waals surface area contributed by atoms with E-state index in [0.29, 0.717) is 37.3 Å². The molecule has 1 fully saturated rings. The standard InChI is InChI=1S/C17H23F2NO5S/c1-17(2,3)25-16(23)20-6-4-10(5-7-20)9-24-11-8-12(14(18)19)26-13(11)15(21)22/h8,10,14H,4-7,9H2,1-3H3,(H,21,22). The van der Waals surface area contributed by atoms with E-state index in [-0.39, 0.29) is 34.1 Å². The van der Waals surface area contributed by atoms with Crippen LogP contribution in [-0.2, 0) is 4.74 Å². The third kappa shape index (κ3) is 5.55. The van der Waals surface area contributed by atoms with Crippen LogP contribution in [0.1, 0.15) is 54.6 Å². The summed E-state index contributed by atoms with van der Waals surface area (Å²) >= 11 is 0.528.